The lowest BCUT2D eigenvalue weighted by Gasteiger charge is -2.36. The average Bonchev–Trinajstić information content (AvgIpc) is 3.42. The number of thiophene rings is 1. The molecule has 2 heterocycles. The van der Waals surface area contributed by atoms with E-state index in [0.717, 1.165) is 47.5 Å². The van der Waals surface area contributed by atoms with Crippen molar-refractivity contribution in [2.75, 3.05) is 14.2 Å². The van der Waals surface area contributed by atoms with Crippen molar-refractivity contribution in [3.05, 3.63) is 57.4 Å². The molecule has 0 spiro atoms. The first-order valence-corrected chi connectivity index (χ1v) is 13.6. The Kier molecular flexibility index (Phi) is 7.28. The van der Waals surface area contributed by atoms with Gasteiger partial charge in [0, 0.05) is 34.2 Å². The molecule has 5 rings (SSSR count). The van der Waals surface area contributed by atoms with Crippen molar-refractivity contribution in [3.8, 4) is 11.5 Å². The minimum absolute atomic E-state index is 0.0117. The Bertz CT molecular complexity index is 1190. The molecule has 0 radical (unpaired) electrons. The molecular weight excluding hydrogens is 474 g/mol. The topological polar surface area (TPSA) is 74.2 Å². The van der Waals surface area contributed by atoms with Gasteiger partial charge >= 0.3 is 5.97 Å². The largest absolute Gasteiger partial charge is 0.493 e. The highest BCUT2D eigenvalue weighted by atomic mass is 32.1. The monoisotopic (exact) mass is 507 g/mol. The van der Waals surface area contributed by atoms with Gasteiger partial charge in [-0.25, -0.2) is 0 Å². The Hall–Kier alpha value is -2.93. The smallest absolute Gasteiger partial charge is 0.315 e. The first-order valence-electron chi connectivity index (χ1n) is 12.8. The molecule has 1 fully saturated rings. The molecule has 36 heavy (non-hydrogen) atoms. The third-order valence-electron chi connectivity index (χ3n) is 7.71. The van der Waals surface area contributed by atoms with Crippen LogP contribution in [-0.2, 0) is 14.3 Å². The van der Waals surface area contributed by atoms with Gasteiger partial charge in [0.05, 0.1) is 14.2 Å². The van der Waals surface area contributed by atoms with Gasteiger partial charge in [-0.05, 0) is 74.1 Å². The maximum Gasteiger partial charge on any atom is 0.315 e. The second-order valence-corrected chi connectivity index (χ2v) is 10.9. The number of aliphatic imine (C=N–C) groups is 1. The minimum Gasteiger partial charge on any atom is -0.493 e. The molecule has 2 aromatic rings. The van der Waals surface area contributed by atoms with E-state index in [-0.39, 0.29) is 29.7 Å². The summed E-state index contributed by atoms with van der Waals surface area (Å²) in [6.45, 7) is 1.90. The van der Waals surface area contributed by atoms with E-state index < -0.39 is 5.92 Å². The summed E-state index contributed by atoms with van der Waals surface area (Å²) in [5.74, 6) is 0.198. The van der Waals surface area contributed by atoms with E-state index in [2.05, 4.69) is 0 Å². The van der Waals surface area contributed by atoms with Gasteiger partial charge in [-0.3, -0.25) is 14.6 Å². The number of benzene rings is 1. The first kappa shape index (κ1) is 24.8. The molecule has 0 saturated heterocycles. The molecule has 3 unspecified atom stereocenters. The maximum atomic E-state index is 13.7. The van der Waals surface area contributed by atoms with Gasteiger partial charge in [0.2, 0.25) is 0 Å². The van der Waals surface area contributed by atoms with Gasteiger partial charge in [0.25, 0.3) is 0 Å². The summed E-state index contributed by atoms with van der Waals surface area (Å²) in [6, 6.07) is 9.82. The van der Waals surface area contributed by atoms with E-state index in [1.807, 2.05) is 42.6 Å². The molecule has 3 aliphatic rings. The lowest BCUT2D eigenvalue weighted by Crippen LogP contribution is -2.39. The molecule has 0 N–H and O–H groups in total. The van der Waals surface area contributed by atoms with Gasteiger partial charge in [-0.2, -0.15) is 0 Å². The summed E-state index contributed by atoms with van der Waals surface area (Å²) in [4.78, 5) is 33.2. The fourth-order valence-corrected chi connectivity index (χ4v) is 6.78. The van der Waals surface area contributed by atoms with Crippen molar-refractivity contribution in [3.63, 3.8) is 0 Å². The zero-order valence-electron chi connectivity index (χ0n) is 21.1. The summed E-state index contributed by atoms with van der Waals surface area (Å²) in [5.41, 5.74) is 3.23. The van der Waals surface area contributed by atoms with Gasteiger partial charge < -0.3 is 14.2 Å². The number of nitrogens with zero attached hydrogens (tertiary/aromatic N) is 1. The average molecular weight is 508 g/mol. The second kappa shape index (κ2) is 10.6. The third-order valence-corrected chi connectivity index (χ3v) is 8.66. The molecular formula is C29H33NO5S. The van der Waals surface area contributed by atoms with Gasteiger partial charge in [0.15, 0.2) is 17.3 Å². The fourth-order valence-electron chi connectivity index (χ4n) is 5.90. The number of methoxy groups -OCH3 is 2. The van der Waals surface area contributed by atoms with Gasteiger partial charge in [-0.1, -0.05) is 18.6 Å². The molecule has 2 aliphatic carbocycles. The zero-order chi connectivity index (χ0) is 25.2. The molecule has 0 amide bonds. The number of carbonyl (C=O) groups excluding carboxylic acids is 2. The zero-order valence-corrected chi connectivity index (χ0v) is 21.9. The number of esters is 1. The minimum atomic E-state index is -0.564. The van der Waals surface area contributed by atoms with Crippen molar-refractivity contribution >= 4 is 28.8 Å². The standard InChI is InChI=1S/C29H33NO5S/c1-17-26(29(32)35-20-8-5-4-6-9-20)28(25-10-7-13-36-25)27-21(30-17)14-19(15-22(27)31)18-11-12-23(33-2)24(16-18)34-3/h7,10-13,16,19-20,26,28H,4-6,8-9,14-15H2,1-3H3. The molecule has 1 aliphatic heterocycles. The summed E-state index contributed by atoms with van der Waals surface area (Å²) < 4.78 is 16.9. The van der Waals surface area contributed by atoms with Crippen LogP contribution in [0.3, 0.4) is 0 Å². The molecule has 1 aromatic heterocycles. The Balaban J connectivity index is 1.47. The van der Waals surface area contributed by atoms with E-state index >= 15 is 0 Å². The molecule has 3 atom stereocenters. The van der Waals surface area contributed by atoms with Crippen LogP contribution in [0.5, 0.6) is 11.5 Å². The third kappa shape index (κ3) is 4.73. The maximum absolute atomic E-state index is 13.7. The Morgan fingerprint density at radius 3 is 2.50 bits per heavy atom. The van der Waals surface area contributed by atoms with Crippen LogP contribution in [0.2, 0.25) is 0 Å². The lowest BCUT2D eigenvalue weighted by atomic mass is 9.71. The van der Waals surface area contributed by atoms with Crippen LogP contribution in [0.25, 0.3) is 0 Å². The highest BCUT2D eigenvalue weighted by Crippen LogP contribution is 2.48. The molecule has 0 bridgehead atoms. The molecule has 7 heteroatoms. The first-order chi connectivity index (χ1) is 17.5. The van der Waals surface area contributed by atoms with Gasteiger partial charge in [0.1, 0.15) is 12.0 Å². The molecule has 190 valence electrons. The van der Waals surface area contributed by atoms with Gasteiger partial charge in [-0.15, -0.1) is 11.3 Å². The Morgan fingerprint density at radius 1 is 1.03 bits per heavy atom. The highest BCUT2D eigenvalue weighted by molar-refractivity contribution is 7.10. The number of ether oxygens (including phenoxy) is 3. The summed E-state index contributed by atoms with van der Waals surface area (Å²) in [7, 11) is 3.22. The lowest BCUT2D eigenvalue weighted by molar-refractivity contribution is -0.153. The predicted molar refractivity (Wildman–Crippen MR) is 140 cm³/mol. The number of hydrogen-bond acceptors (Lipinski definition) is 7. The van der Waals surface area contributed by atoms with Crippen LogP contribution in [-0.4, -0.2) is 37.8 Å². The van der Waals surface area contributed by atoms with Crippen LogP contribution in [0.1, 0.15) is 74.1 Å². The number of hydrogen-bond donors (Lipinski definition) is 0. The quantitative estimate of drug-likeness (QED) is 0.434. The number of ketones is 1. The van der Waals surface area contributed by atoms with Crippen molar-refractivity contribution in [1.82, 2.24) is 0 Å². The van der Waals surface area contributed by atoms with Crippen molar-refractivity contribution in [2.45, 2.75) is 69.8 Å². The number of allylic oxidation sites excluding steroid dienone is 2. The van der Waals surface area contributed by atoms with Crippen LogP contribution >= 0.6 is 11.3 Å². The second-order valence-electron chi connectivity index (χ2n) is 9.92. The van der Waals surface area contributed by atoms with E-state index in [0.29, 0.717) is 29.9 Å². The number of rotatable bonds is 6. The fraction of sp³-hybridized carbons (Fsp3) is 0.483. The molecule has 1 saturated carbocycles. The van der Waals surface area contributed by atoms with E-state index in [1.165, 1.54) is 6.42 Å². The van der Waals surface area contributed by atoms with E-state index in [9.17, 15) is 9.59 Å². The predicted octanol–water partition coefficient (Wildman–Crippen LogP) is 6.22. The van der Waals surface area contributed by atoms with Crippen molar-refractivity contribution in [2.24, 2.45) is 10.9 Å². The van der Waals surface area contributed by atoms with Crippen molar-refractivity contribution in [1.29, 1.82) is 0 Å². The summed E-state index contributed by atoms with van der Waals surface area (Å²) in [5, 5.41) is 2.00. The van der Waals surface area contributed by atoms with Crippen LogP contribution in [0, 0.1) is 5.92 Å². The van der Waals surface area contributed by atoms with E-state index in [4.69, 9.17) is 19.2 Å². The normalized spacial score (nSPS) is 24.7. The van der Waals surface area contributed by atoms with Crippen molar-refractivity contribution < 1.29 is 23.8 Å². The molecule has 1 aromatic carbocycles. The van der Waals surface area contributed by atoms with Crippen LogP contribution in [0.15, 0.2) is 52.0 Å². The Morgan fingerprint density at radius 2 is 1.81 bits per heavy atom. The Labute approximate surface area is 216 Å². The SMILES string of the molecule is COc1ccc(C2CC(=O)C3=C(C2)N=C(C)C(C(=O)OC2CCCCC2)C3c2cccs2)cc1OC. The number of carbonyl (C=O) groups is 2. The van der Waals surface area contributed by atoms with Crippen LogP contribution < -0.4 is 9.47 Å². The summed E-state index contributed by atoms with van der Waals surface area (Å²) in [6.07, 6.45) is 6.19. The van der Waals surface area contributed by atoms with E-state index in [1.54, 1.807) is 25.6 Å². The molecule has 6 nitrogen and oxygen atoms in total. The van der Waals surface area contributed by atoms with Crippen LogP contribution in [0.4, 0.5) is 0 Å². The number of Topliss-reactive ketones (excluding diaryl/α,β-unsaturated/α-hetero) is 1. The summed E-state index contributed by atoms with van der Waals surface area (Å²) >= 11 is 1.58. The highest BCUT2D eigenvalue weighted by Gasteiger charge is 2.45.